The van der Waals surface area contributed by atoms with Crippen LogP contribution in [0.5, 0.6) is 0 Å². The summed E-state index contributed by atoms with van der Waals surface area (Å²) in [7, 11) is 0. The molecule has 0 saturated carbocycles. The quantitative estimate of drug-likeness (QED) is 0.603. The number of rotatable bonds is 5. The molecule has 0 N–H and O–H groups in total. The Bertz CT molecular complexity index is 965. The van der Waals surface area contributed by atoms with E-state index in [9.17, 15) is 9.18 Å². The fourth-order valence-corrected chi connectivity index (χ4v) is 4.04. The summed E-state index contributed by atoms with van der Waals surface area (Å²) < 4.78 is 20.3. The molecule has 28 heavy (non-hydrogen) atoms. The zero-order valence-corrected chi connectivity index (χ0v) is 16.6. The molecule has 4 rings (SSSR count). The highest BCUT2D eigenvalue weighted by molar-refractivity contribution is 7.13. The van der Waals surface area contributed by atoms with E-state index in [1.165, 1.54) is 13.0 Å². The molecule has 1 saturated heterocycles. The lowest BCUT2D eigenvalue weighted by molar-refractivity contribution is 0.101. The Kier molecular flexibility index (Phi) is 5.23. The van der Waals surface area contributed by atoms with Crippen LogP contribution in [0.25, 0.3) is 10.8 Å². The normalized spacial score (nSPS) is 16.3. The number of carbonyl (C=O) groups is 1. The van der Waals surface area contributed by atoms with E-state index < -0.39 is 0 Å². The van der Waals surface area contributed by atoms with Gasteiger partial charge in [-0.15, -0.1) is 21.5 Å². The SMILES string of the molecule is CC(=O)c1ccc(N2CCN(C(C)c3nnc(-c4cccs4)o3)CC2)c(F)c1. The first-order chi connectivity index (χ1) is 13.5. The number of halogens is 1. The number of Topliss-reactive ketones (excluding diaryl/α,β-unsaturated/α-hetero) is 1. The highest BCUT2D eigenvalue weighted by atomic mass is 32.1. The minimum Gasteiger partial charge on any atom is -0.418 e. The molecule has 1 aromatic carbocycles. The molecule has 0 bridgehead atoms. The van der Waals surface area contributed by atoms with Crippen molar-refractivity contribution in [3.8, 4) is 10.8 Å². The van der Waals surface area contributed by atoms with Crippen LogP contribution in [0.1, 0.15) is 36.1 Å². The van der Waals surface area contributed by atoms with Crippen LogP contribution in [0.2, 0.25) is 0 Å². The maximum Gasteiger partial charge on any atom is 0.257 e. The van der Waals surface area contributed by atoms with E-state index in [1.54, 1.807) is 23.5 Å². The zero-order chi connectivity index (χ0) is 19.7. The Morgan fingerprint density at radius 3 is 2.64 bits per heavy atom. The summed E-state index contributed by atoms with van der Waals surface area (Å²) in [6.45, 7) is 6.37. The van der Waals surface area contributed by atoms with Crippen LogP contribution < -0.4 is 4.90 Å². The number of aromatic nitrogens is 2. The Balaban J connectivity index is 1.41. The van der Waals surface area contributed by atoms with Gasteiger partial charge in [0.25, 0.3) is 5.89 Å². The summed E-state index contributed by atoms with van der Waals surface area (Å²) in [5, 5.41) is 10.3. The second kappa shape index (κ2) is 7.81. The van der Waals surface area contributed by atoms with Gasteiger partial charge < -0.3 is 9.32 Å². The molecule has 6 nitrogen and oxygen atoms in total. The van der Waals surface area contributed by atoms with E-state index in [1.807, 2.05) is 29.3 Å². The maximum absolute atomic E-state index is 14.4. The lowest BCUT2D eigenvalue weighted by Crippen LogP contribution is -2.47. The van der Waals surface area contributed by atoms with E-state index in [0.717, 1.165) is 18.0 Å². The second-order valence-electron chi connectivity index (χ2n) is 6.84. The molecule has 1 unspecified atom stereocenters. The van der Waals surface area contributed by atoms with Gasteiger partial charge in [-0.25, -0.2) is 4.39 Å². The fraction of sp³-hybridized carbons (Fsp3) is 0.350. The lowest BCUT2D eigenvalue weighted by atomic mass is 10.1. The van der Waals surface area contributed by atoms with Crippen LogP contribution in [0.15, 0.2) is 40.1 Å². The third-order valence-corrected chi connectivity index (χ3v) is 5.94. The highest BCUT2D eigenvalue weighted by Gasteiger charge is 2.27. The first-order valence-electron chi connectivity index (χ1n) is 9.19. The van der Waals surface area contributed by atoms with E-state index in [0.29, 0.717) is 36.1 Å². The van der Waals surface area contributed by atoms with E-state index in [2.05, 4.69) is 15.1 Å². The van der Waals surface area contributed by atoms with Gasteiger partial charge in [-0.2, -0.15) is 0 Å². The number of benzene rings is 1. The second-order valence-corrected chi connectivity index (χ2v) is 7.79. The molecule has 1 atom stereocenters. The highest BCUT2D eigenvalue weighted by Crippen LogP contribution is 2.28. The van der Waals surface area contributed by atoms with Crippen molar-refractivity contribution in [3.63, 3.8) is 0 Å². The number of carbonyl (C=O) groups excluding carboxylic acids is 1. The Morgan fingerprint density at radius 1 is 1.21 bits per heavy atom. The molecule has 146 valence electrons. The Labute approximate surface area is 166 Å². The maximum atomic E-state index is 14.4. The molecule has 0 amide bonds. The predicted molar refractivity (Wildman–Crippen MR) is 106 cm³/mol. The molecular weight excluding hydrogens is 379 g/mol. The molecule has 1 aliphatic heterocycles. The Morgan fingerprint density at radius 2 is 2.00 bits per heavy atom. The van der Waals surface area contributed by atoms with Crippen molar-refractivity contribution in [2.75, 3.05) is 31.1 Å². The summed E-state index contributed by atoms with van der Waals surface area (Å²) >= 11 is 1.57. The number of nitrogens with zero attached hydrogens (tertiary/aromatic N) is 4. The standard InChI is InChI=1S/C20H21FN4O2S/c1-13(19-22-23-20(27-19)18-4-3-11-28-18)24-7-9-25(10-8-24)17-6-5-15(14(2)26)12-16(17)21/h3-6,11-13H,7-10H2,1-2H3. The smallest absolute Gasteiger partial charge is 0.257 e. The van der Waals surface area contributed by atoms with Gasteiger partial charge in [0.1, 0.15) is 5.82 Å². The number of hydrogen-bond donors (Lipinski definition) is 0. The van der Waals surface area contributed by atoms with Gasteiger partial charge in [0, 0.05) is 31.7 Å². The number of piperazine rings is 1. The van der Waals surface area contributed by atoms with E-state index in [4.69, 9.17) is 4.42 Å². The summed E-state index contributed by atoms with van der Waals surface area (Å²) in [6.07, 6.45) is 0. The number of anilines is 1. The average Bonchev–Trinajstić information content (AvgIpc) is 3.39. The van der Waals surface area contributed by atoms with Gasteiger partial charge in [0.15, 0.2) is 5.78 Å². The average molecular weight is 400 g/mol. The Hall–Kier alpha value is -2.58. The van der Waals surface area contributed by atoms with Gasteiger partial charge in [0.05, 0.1) is 16.6 Å². The number of thiophene rings is 1. The van der Waals surface area contributed by atoms with Crippen LogP contribution in [0.3, 0.4) is 0 Å². The van der Waals surface area contributed by atoms with Crippen molar-refractivity contribution in [3.05, 3.63) is 53.0 Å². The van der Waals surface area contributed by atoms with Gasteiger partial charge in [-0.3, -0.25) is 9.69 Å². The van der Waals surface area contributed by atoms with Crippen molar-refractivity contribution < 1.29 is 13.6 Å². The van der Waals surface area contributed by atoms with Crippen molar-refractivity contribution in [2.24, 2.45) is 0 Å². The monoisotopic (exact) mass is 400 g/mol. The molecule has 8 heteroatoms. The van der Waals surface area contributed by atoms with Crippen LogP contribution in [-0.4, -0.2) is 47.1 Å². The van der Waals surface area contributed by atoms with Gasteiger partial charge in [0.2, 0.25) is 5.89 Å². The van der Waals surface area contributed by atoms with E-state index in [-0.39, 0.29) is 17.6 Å². The summed E-state index contributed by atoms with van der Waals surface area (Å²) in [5.74, 6) is 0.647. The topological polar surface area (TPSA) is 62.5 Å². The molecule has 1 aliphatic rings. The molecular formula is C20H21FN4O2S. The van der Waals surface area contributed by atoms with Crippen molar-refractivity contribution in [2.45, 2.75) is 19.9 Å². The number of hydrogen-bond acceptors (Lipinski definition) is 7. The van der Waals surface area contributed by atoms with Crippen LogP contribution in [0, 0.1) is 5.82 Å². The third-order valence-electron chi connectivity index (χ3n) is 5.09. The lowest BCUT2D eigenvalue weighted by Gasteiger charge is -2.38. The van der Waals surface area contributed by atoms with E-state index >= 15 is 0 Å². The first kappa shape index (κ1) is 18.8. The largest absolute Gasteiger partial charge is 0.418 e. The first-order valence-corrected chi connectivity index (χ1v) is 10.1. The predicted octanol–water partition coefficient (Wildman–Crippen LogP) is 4.02. The minimum absolute atomic E-state index is 0.00621. The molecule has 3 aromatic rings. The molecule has 0 spiro atoms. The van der Waals surface area contributed by atoms with Crippen molar-refractivity contribution >= 4 is 22.8 Å². The molecule has 0 aliphatic carbocycles. The van der Waals surface area contributed by atoms with Crippen molar-refractivity contribution in [1.29, 1.82) is 0 Å². The summed E-state index contributed by atoms with van der Waals surface area (Å²) in [6, 6.07) is 8.59. The number of ketones is 1. The summed E-state index contributed by atoms with van der Waals surface area (Å²) in [4.78, 5) is 16.6. The fourth-order valence-electron chi connectivity index (χ4n) is 3.39. The third kappa shape index (κ3) is 3.70. The van der Waals surface area contributed by atoms with Crippen LogP contribution >= 0.6 is 11.3 Å². The zero-order valence-electron chi connectivity index (χ0n) is 15.8. The van der Waals surface area contributed by atoms with Gasteiger partial charge >= 0.3 is 0 Å². The molecule has 0 radical (unpaired) electrons. The summed E-state index contributed by atoms with van der Waals surface area (Å²) in [5.41, 5.74) is 0.932. The van der Waals surface area contributed by atoms with Crippen LogP contribution in [0.4, 0.5) is 10.1 Å². The molecule has 3 heterocycles. The molecule has 2 aromatic heterocycles. The van der Waals surface area contributed by atoms with Gasteiger partial charge in [-0.05, 0) is 43.5 Å². The van der Waals surface area contributed by atoms with Crippen LogP contribution in [-0.2, 0) is 0 Å². The molecule has 1 fully saturated rings. The minimum atomic E-state index is -0.355. The van der Waals surface area contributed by atoms with Crippen molar-refractivity contribution in [1.82, 2.24) is 15.1 Å². The van der Waals surface area contributed by atoms with Gasteiger partial charge in [-0.1, -0.05) is 6.07 Å².